The second kappa shape index (κ2) is 9.48. The van der Waals surface area contributed by atoms with Crippen LogP contribution < -0.4 is 21.1 Å². The molecule has 11 heteroatoms. The van der Waals surface area contributed by atoms with Crippen molar-refractivity contribution >= 4 is 41.9 Å². The van der Waals surface area contributed by atoms with Gasteiger partial charge in [-0.3, -0.25) is 34.2 Å². The van der Waals surface area contributed by atoms with Crippen molar-refractivity contribution in [3.8, 4) is 5.75 Å². The fraction of sp³-hybridized carbons (Fsp3) is 0.389. The SMILES string of the molecule is Cl.NCCCNC(=O)COc1cccc2c1C(=O)N(C1CCC(=O)NC1=O)C2=O. The van der Waals surface area contributed by atoms with Gasteiger partial charge in [-0.15, -0.1) is 12.4 Å². The summed E-state index contributed by atoms with van der Waals surface area (Å²) in [7, 11) is 0. The van der Waals surface area contributed by atoms with E-state index in [1.165, 1.54) is 18.2 Å². The third kappa shape index (κ3) is 4.54. The molecule has 0 aliphatic carbocycles. The van der Waals surface area contributed by atoms with Crippen LogP contribution in [0.4, 0.5) is 0 Å². The van der Waals surface area contributed by atoms with Gasteiger partial charge in [-0.25, -0.2) is 0 Å². The summed E-state index contributed by atoms with van der Waals surface area (Å²) in [6.45, 7) is 0.521. The summed E-state index contributed by atoms with van der Waals surface area (Å²) in [5.74, 6) is -2.75. The van der Waals surface area contributed by atoms with E-state index in [1.807, 2.05) is 0 Å². The number of imide groups is 2. The van der Waals surface area contributed by atoms with E-state index >= 15 is 0 Å². The van der Waals surface area contributed by atoms with Crippen LogP contribution in [0.15, 0.2) is 18.2 Å². The fourth-order valence-electron chi connectivity index (χ4n) is 3.13. The topological polar surface area (TPSA) is 148 Å². The Labute approximate surface area is 172 Å². The predicted octanol–water partition coefficient (Wildman–Crippen LogP) is -0.647. The Balaban J connectivity index is 0.00000300. The molecular weight excluding hydrogens is 404 g/mol. The lowest BCUT2D eigenvalue weighted by molar-refractivity contribution is -0.136. The summed E-state index contributed by atoms with van der Waals surface area (Å²) in [6, 6.07) is 3.40. The molecular formula is C18H21ClN4O6. The van der Waals surface area contributed by atoms with E-state index in [0.717, 1.165) is 4.90 Å². The molecule has 1 aromatic rings. The number of benzene rings is 1. The highest BCUT2D eigenvalue weighted by Gasteiger charge is 2.46. The quantitative estimate of drug-likeness (QED) is 0.389. The van der Waals surface area contributed by atoms with Crippen LogP contribution >= 0.6 is 12.4 Å². The highest BCUT2D eigenvalue weighted by atomic mass is 35.5. The molecule has 2 heterocycles. The Hall–Kier alpha value is -2.98. The molecule has 1 atom stereocenters. The van der Waals surface area contributed by atoms with Crippen molar-refractivity contribution in [3.63, 3.8) is 0 Å². The van der Waals surface area contributed by atoms with E-state index < -0.39 is 29.7 Å². The van der Waals surface area contributed by atoms with Gasteiger partial charge in [0.1, 0.15) is 11.8 Å². The van der Waals surface area contributed by atoms with Crippen LogP contribution in [0.5, 0.6) is 5.75 Å². The summed E-state index contributed by atoms with van der Waals surface area (Å²) in [4.78, 5) is 61.6. The first-order chi connectivity index (χ1) is 13.4. The summed E-state index contributed by atoms with van der Waals surface area (Å²) in [5.41, 5.74) is 5.46. The summed E-state index contributed by atoms with van der Waals surface area (Å²) < 4.78 is 5.44. The second-order valence-electron chi connectivity index (χ2n) is 6.41. The van der Waals surface area contributed by atoms with Crippen molar-refractivity contribution in [2.75, 3.05) is 19.7 Å². The third-order valence-electron chi connectivity index (χ3n) is 4.49. The highest BCUT2D eigenvalue weighted by Crippen LogP contribution is 2.33. The van der Waals surface area contributed by atoms with Gasteiger partial charge in [0, 0.05) is 13.0 Å². The van der Waals surface area contributed by atoms with Crippen LogP contribution in [0.25, 0.3) is 0 Å². The molecule has 1 fully saturated rings. The van der Waals surface area contributed by atoms with E-state index in [9.17, 15) is 24.0 Å². The van der Waals surface area contributed by atoms with Crippen LogP contribution in [-0.4, -0.2) is 60.2 Å². The lowest BCUT2D eigenvalue weighted by atomic mass is 10.0. The van der Waals surface area contributed by atoms with Gasteiger partial charge in [0.2, 0.25) is 11.8 Å². The Bertz CT molecular complexity index is 859. The number of nitrogens with one attached hydrogen (secondary N) is 2. The molecule has 5 amide bonds. The van der Waals surface area contributed by atoms with Crippen LogP contribution in [-0.2, 0) is 14.4 Å². The normalized spacial score (nSPS) is 18.1. The number of carbonyl (C=O) groups excluding carboxylic acids is 5. The van der Waals surface area contributed by atoms with E-state index in [1.54, 1.807) is 0 Å². The number of halogens is 1. The number of ether oxygens (including phenoxy) is 1. The first-order valence-corrected chi connectivity index (χ1v) is 8.88. The summed E-state index contributed by atoms with van der Waals surface area (Å²) in [5, 5.41) is 4.76. The van der Waals surface area contributed by atoms with Crippen LogP contribution in [0, 0.1) is 0 Å². The molecule has 0 saturated carbocycles. The Morgan fingerprint density at radius 3 is 2.69 bits per heavy atom. The minimum absolute atomic E-state index is 0. The van der Waals surface area contributed by atoms with Gasteiger partial charge < -0.3 is 15.8 Å². The number of hydrogen-bond donors (Lipinski definition) is 3. The van der Waals surface area contributed by atoms with Gasteiger partial charge >= 0.3 is 0 Å². The van der Waals surface area contributed by atoms with Gasteiger partial charge in [-0.05, 0) is 31.5 Å². The van der Waals surface area contributed by atoms with Crippen LogP contribution in [0.1, 0.15) is 40.0 Å². The maximum absolute atomic E-state index is 12.9. The number of hydrogen-bond acceptors (Lipinski definition) is 7. The fourth-order valence-corrected chi connectivity index (χ4v) is 3.13. The van der Waals surface area contributed by atoms with Crippen molar-refractivity contribution in [2.24, 2.45) is 5.73 Å². The van der Waals surface area contributed by atoms with Crippen molar-refractivity contribution in [1.82, 2.24) is 15.5 Å². The molecule has 156 valence electrons. The number of piperidine rings is 1. The molecule has 1 saturated heterocycles. The van der Waals surface area contributed by atoms with E-state index in [2.05, 4.69) is 10.6 Å². The standard InChI is InChI=1S/C18H20N4O6.ClH/c19-7-2-8-20-14(24)9-28-12-4-1-3-10-15(12)18(27)22(17(10)26)11-5-6-13(23)21-16(11)25;/h1,3-4,11H,2,5-9,19H2,(H,20,24)(H,21,23,25);1H. The average Bonchev–Trinajstić information content (AvgIpc) is 2.92. The minimum Gasteiger partial charge on any atom is -0.483 e. The lowest BCUT2D eigenvalue weighted by Gasteiger charge is -2.27. The smallest absolute Gasteiger partial charge is 0.266 e. The van der Waals surface area contributed by atoms with Gasteiger partial charge in [0.15, 0.2) is 6.61 Å². The average molecular weight is 425 g/mol. The highest BCUT2D eigenvalue weighted by molar-refractivity contribution is 6.24. The number of fused-ring (bicyclic) bond motifs is 1. The number of nitrogens with zero attached hydrogens (tertiary/aromatic N) is 1. The van der Waals surface area contributed by atoms with E-state index in [-0.39, 0.29) is 54.6 Å². The number of carbonyl (C=O) groups is 5. The first kappa shape index (κ1) is 22.3. The molecule has 0 aromatic heterocycles. The van der Waals surface area contributed by atoms with Crippen molar-refractivity contribution in [3.05, 3.63) is 29.3 Å². The van der Waals surface area contributed by atoms with E-state index in [4.69, 9.17) is 10.5 Å². The molecule has 29 heavy (non-hydrogen) atoms. The minimum atomic E-state index is -1.06. The molecule has 3 rings (SSSR count). The zero-order valence-electron chi connectivity index (χ0n) is 15.4. The number of amides is 5. The number of nitrogens with two attached hydrogens (primary N) is 1. The second-order valence-corrected chi connectivity index (χ2v) is 6.41. The molecule has 1 aromatic carbocycles. The molecule has 2 aliphatic heterocycles. The van der Waals surface area contributed by atoms with Gasteiger partial charge in [-0.2, -0.15) is 0 Å². The number of rotatable bonds is 7. The molecule has 1 unspecified atom stereocenters. The molecule has 2 aliphatic rings. The largest absolute Gasteiger partial charge is 0.483 e. The first-order valence-electron chi connectivity index (χ1n) is 8.88. The molecule has 0 bridgehead atoms. The summed E-state index contributed by atoms with van der Waals surface area (Å²) >= 11 is 0. The van der Waals surface area contributed by atoms with Crippen molar-refractivity contribution in [2.45, 2.75) is 25.3 Å². The van der Waals surface area contributed by atoms with Gasteiger partial charge in [-0.1, -0.05) is 6.07 Å². The monoisotopic (exact) mass is 424 g/mol. The zero-order chi connectivity index (χ0) is 20.3. The van der Waals surface area contributed by atoms with Crippen molar-refractivity contribution in [1.29, 1.82) is 0 Å². The molecule has 4 N–H and O–H groups in total. The van der Waals surface area contributed by atoms with E-state index in [0.29, 0.717) is 19.5 Å². The maximum atomic E-state index is 12.9. The molecule has 0 radical (unpaired) electrons. The Morgan fingerprint density at radius 1 is 1.24 bits per heavy atom. The van der Waals surface area contributed by atoms with Crippen molar-refractivity contribution < 1.29 is 28.7 Å². The van der Waals surface area contributed by atoms with Gasteiger partial charge in [0.25, 0.3) is 17.7 Å². The van der Waals surface area contributed by atoms with Crippen LogP contribution in [0.3, 0.4) is 0 Å². The Kier molecular flexibility index (Phi) is 7.29. The Morgan fingerprint density at radius 2 is 2.00 bits per heavy atom. The molecule has 10 nitrogen and oxygen atoms in total. The molecule has 0 spiro atoms. The van der Waals surface area contributed by atoms with Gasteiger partial charge in [0.05, 0.1) is 11.1 Å². The predicted molar refractivity (Wildman–Crippen MR) is 103 cm³/mol. The zero-order valence-corrected chi connectivity index (χ0v) is 16.3. The lowest BCUT2D eigenvalue weighted by Crippen LogP contribution is -2.54. The van der Waals surface area contributed by atoms with Crippen LogP contribution in [0.2, 0.25) is 0 Å². The summed E-state index contributed by atoms with van der Waals surface area (Å²) in [6.07, 6.45) is 0.729. The third-order valence-corrected chi connectivity index (χ3v) is 4.49. The maximum Gasteiger partial charge on any atom is 0.266 e.